The van der Waals surface area contributed by atoms with E-state index in [1.54, 1.807) is 17.9 Å². The van der Waals surface area contributed by atoms with E-state index in [1.165, 1.54) is 0 Å². The van der Waals surface area contributed by atoms with Crippen LogP contribution in [0, 0.1) is 11.6 Å². The molecule has 1 heterocycles. The van der Waals surface area contributed by atoms with E-state index in [2.05, 4.69) is 5.10 Å². The van der Waals surface area contributed by atoms with Gasteiger partial charge in [-0.1, -0.05) is 42.5 Å². The molecule has 4 aromatic rings. The van der Waals surface area contributed by atoms with E-state index in [0.717, 1.165) is 23.3 Å². The minimum Gasteiger partial charge on any atom is -0.496 e. The molecular weight excluding hydrogens is 430 g/mol. The van der Waals surface area contributed by atoms with Crippen molar-refractivity contribution in [2.75, 3.05) is 13.7 Å². The number of hydrogen-bond donors (Lipinski definition) is 1. The van der Waals surface area contributed by atoms with Gasteiger partial charge in [0.2, 0.25) is 0 Å². The Morgan fingerprint density at radius 1 is 0.939 bits per heavy atom. The monoisotopic (exact) mass is 450 g/mol. The van der Waals surface area contributed by atoms with Gasteiger partial charge < -0.3 is 14.6 Å². The van der Waals surface area contributed by atoms with Gasteiger partial charge in [0.05, 0.1) is 25.0 Å². The van der Waals surface area contributed by atoms with E-state index >= 15 is 0 Å². The highest BCUT2D eigenvalue weighted by Gasteiger charge is 2.20. The molecule has 4 rings (SSSR count). The Kier molecular flexibility index (Phi) is 6.35. The average molecular weight is 450 g/mol. The van der Waals surface area contributed by atoms with Crippen LogP contribution in [0.25, 0.3) is 22.5 Å². The second-order valence-electron chi connectivity index (χ2n) is 7.20. The largest absolute Gasteiger partial charge is 0.496 e. The topological polar surface area (TPSA) is 73.6 Å². The molecule has 0 aliphatic rings. The molecular formula is C25H20F2N2O4. The summed E-state index contributed by atoms with van der Waals surface area (Å²) in [6.07, 6.45) is 0. The minimum absolute atomic E-state index is 0.118. The molecule has 0 fully saturated rings. The molecule has 1 N–H and O–H groups in total. The third-order valence-electron chi connectivity index (χ3n) is 4.99. The van der Waals surface area contributed by atoms with Crippen LogP contribution in [-0.2, 0) is 11.3 Å². The molecule has 6 nitrogen and oxygen atoms in total. The zero-order valence-corrected chi connectivity index (χ0v) is 17.7. The second kappa shape index (κ2) is 9.52. The molecule has 33 heavy (non-hydrogen) atoms. The molecule has 0 spiro atoms. The maximum Gasteiger partial charge on any atom is 0.341 e. The summed E-state index contributed by atoms with van der Waals surface area (Å²) in [5, 5.41) is 13.6. The molecule has 8 heteroatoms. The number of carboxylic acid groups (broad SMARTS) is 1. The lowest BCUT2D eigenvalue weighted by molar-refractivity contribution is -0.139. The van der Waals surface area contributed by atoms with Crippen LogP contribution in [0.4, 0.5) is 8.78 Å². The zero-order valence-electron chi connectivity index (χ0n) is 17.7. The molecule has 0 unspecified atom stereocenters. The van der Waals surface area contributed by atoms with Gasteiger partial charge in [0.15, 0.2) is 18.2 Å². The first-order chi connectivity index (χ1) is 16.0. The van der Waals surface area contributed by atoms with Gasteiger partial charge in [0.1, 0.15) is 11.5 Å². The van der Waals surface area contributed by atoms with Crippen molar-refractivity contribution in [3.63, 3.8) is 0 Å². The fourth-order valence-electron chi connectivity index (χ4n) is 3.49. The van der Waals surface area contributed by atoms with Crippen molar-refractivity contribution < 1.29 is 28.2 Å². The van der Waals surface area contributed by atoms with Crippen LogP contribution in [0.5, 0.6) is 11.5 Å². The van der Waals surface area contributed by atoms with E-state index < -0.39 is 24.2 Å². The lowest BCUT2D eigenvalue weighted by Crippen LogP contribution is -2.10. The van der Waals surface area contributed by atoms with Crippen LogP contribution in [0.2, 0.25) is 0 Å². The van der Waals surface area contributed by atoms with E-state index in [-0.39, 0.29) is 11.3 Å². The molecule has 0 saturated heterocycles. The third kappa shape index (κ3) is 4.85. The first-order valence-corrected chi connectivity index (χ1v) is 10.1. The molecule has 168 valence electrons. The number of carboxylic acids is 1. The maximum atomic E-state index is 14.1. The summed E-state index contributed by atoms with van der Waals surface area (Å²) in [4.78, 5) is 11.0. The van der Waals surface area contributed by atoms with Crippen molar-refractivity contribution in [2.45, 2.75) is 6.54 Å². The highest BCUT2D eigenvalue weighted by Crippen LogP contribution is 2.37. The Balaban J connectivity index is 1.87. The van der Waals surface area contributed by atoms with Gasteiger partial charge in [-0.15, -0.1) is 0 Å². The predicted octanol–water partition coefficient (Wildman–Crippen LogP) is 5.02. The highest BCUT2D eigenvalue weighted by molar-refractivity contribution is 5.76. The number of ether oxygens (including phenoxy) is 2. The molecule has 0 saturated carbocycles. The van der Waals surface area contributed by atoms with Crippen LogP contribution in [-0.4, -0.2) is 34.6 Å². The van der Waals surface area contributed by atoms with Gasteiger partial charge in [0, 0.05) is 17.2 Å². The number of carbonyl (C=O) groups is 1. The molecule has 0 bridgehead atoms. The van der Waals surface area contributed by atoms with E-state index in [0.29, 0.717) is 23.7 Å². The summed E-state index contributed by atoms with van der Waals surface area (Å²) < 4.78 is 40.5. The van der Waals surface area contributed by atoms with Gasteiger partial charge in [-0.3, -0.25) is 4.68 Å². The quantitative estimate of drug-likeness (QED) is 0.408. The molecule has 0 aliphatic heterocycles. The fraction of sp³-hybridized carbons (Fsp3) is 0.120. The average Bonchev–Trinajstić information content (AvgIpc) is 3.23. The van der Waals surface area contributed by atoms with Crippen molar-refractivity contribution in [3.05, 3.63) is 90.0 Å². The van der Waals surface area contributed by atoms with Crippen LogP contribution >= 0.6 is 0 Å². The van der Waals surface area contributed by atoms with Gasteiger partial charge >= 0.3 is 5.97 Å². The summed E-state index contributed by atoms with van der Waals surface area (Å²) in [5.74, 6) is -2.98. The van der Waals surface area contributed by atoms with Crippen LogP contribution in [0.15, 0.2) is 72.8 Å². The fourth-order valence-corrected chi connectivity index (χ4v) is 3.49. The van der Waals surface area contributed by atoms with Crippen molar-refractivity contribution in [3.8, 4) is 34.0 Å². The summed E-state index contributed by atoms with van der Waals surface area (Å²) in [6, 6.07) is 20.5. The van der Waals surface area contributed by atoms with Gasteiger partial charge in [-0.05, 0) is 29.8 Å². The Bertz CT molecular complexity index is 1290. The number of hydrogen-bond acceptors (Lipinski definition) is 4. The van der Waals surface area contributed by atoms with Crippen molar-refractivity contribution in [1.82, 2.24) is 9.78 Å². The molecule has 0 radical (unpaired) electrons. The smallest absolute Gasteiger partial charge is 0.341 e. The second-order valence-corrected chi connectivity index (χ2v) is 7.20. The molecule has 0 aliphatic carbocycles. The SMILES string of the molecule is COc1ccccc1-c1cc(-c2cc(F)c(F)cc2OCC(=O)O)nn1Cc1ccccc1. The Labute approximate surface area is 188 Å². The summed E-state index contributed by atoms with van der Waals surface area (Å²) in [7, 11) is 1.56. The van der Waals surface area contributed by atoms with Crippen molar-refractivity contribution in [1.29, 1.82) is 0 Å². The first-order valence-electron chi connectivity index (χ1n) is 10.1. The number of benzene rings is 3. The first kappa shape index (κ1) is 22.0. The number of halogens is 2. The Morgan fingerprint density at radius 2 is 1.64 bits per heavy atom. The summed E-state index contributed by atoms with van der Waals surface area (Å²) in [5.41, 5.74) is 2.85. The van der Waals surface area contributed by atoms with Crippen LogP contribution in [0.1, 0.15) is 5.56 Å². The standard InChI is InChI=1S/C25H20F2N2O4/c1-32-23-10-6-5-9-17(23)22-13-21(28-29(22)14-16-7-3-2-4-8-16)18-11-19(26)20(27)12-24(18)33-15-25(30)31/h2-13H,14-15H2,1H3,(H,30,31). The van der Waals surface area contributed by atoms with E-state index in [1.807, 2.05) is 54.6 Å². The molecule has 0 atom stereocenters. The van der Waals surface area contributed by atoms with Crippen molar-refractivity contribution in [2.24, 2.45) is 0 Å². The Morgan fingerprint density at radius 3 is 2.36 bits per heavy atom. The number of methoxy groups -OCH3 is 1. The predicted molar refractivity (Wildman–Crippen MR) is 118 cm³/mol. The molecule has 0 amide bonds. The van der Waals surface area contributed by atoms with E-state index in [9.17, 15) is 13.6 Å². The van der Waals surface area contributed by atoms with Crippen LogP contribution in [0.3, 0.4) is 0 Å². The number of aliphatic carboxylic acids is 1. The minimum atomic E-state index is -1.24. The van der Waals surface area contributed by atoms with E-state index in [4.69, 9.17) is 14.6 Å². The zero-order chi connectivity index (χ0) is 23.4. The number of aromatic nitrogens is 2. The van der Waals surface area contributed by atoms with Gasteiger partial charge in [0.25, 0.3) is 0 Å². The molecule has 1 aromatic heterocycles. The van der Waals surface area contributed by atoms with Crippen LogP contribution < -0.4 is 9.47 Å². The third-order valence-corrected chi connectivity index (χ3v) is 4.99. The lowest BCUT2D eigenvalue weighted by Gasteiger charge is -2.11. The number of para-hydroxylation sites is 1. The lowest BCUT2D eigenvalue weighted by atomic mass is 10.1. The normalized spacial score (nSPS) is 10.8. The summed E-state index contributed by atoms with van der Waals surface area (Å²) in [6.45, 7) is -0.300. The number of rotatable bonds is 8. The molecule has 3 aromatic carbocycles. The Hall–Kier alpha value is -4.20. The highest BCUT2D eigenvalue weighted by atomic mass is 19.2. The number of nitrogens with zero attached hydrogens (tertiary/aromatic N) is 2. The maximum absolute atomic E-state index is 14.1. The van der Waals surface area contributed by atoms with Gasteiger partial charge in [-0.25, -0.2) is 13.6 Å². The summed E-state index contributed by atoms with van der Waals surface area (Å²) >= 11 is 0. The van der Waals surface area contributed by atoms with Crippen molar-refractivity contribution >= 4 is 5.97 Å². The van der Waals surface area contributed by atoms with Gasteiger partial charge in [-0.2, -0.15) is 5.10 Å².